The van der Waals surface area contributed by atoms with Crippen molar-refractivity contribution >= 4 is 17.1 Å². The van der Waals surface area contributed by atoms with Crippen molar-refractivity contribution < 1.29 is 0 Å². The molecule has 2 heteroatoms. The van der Waals surface area contributed by atoms with E-state index in [9.17, 15) is 0 Å². The average molecular weight is 326 g/mol. The van der Waals surface area contributed by atoms with E-state index >= 15 is 0 Å². The predicted octanol–water partition coefficient (Wildman–Crippen LogP) is 5.88. The van der Waals surface area contributed by atoms with E-state index in [-0.39, 0.29) is 5.92 Å². The second kappa shape index (κ2) is 7.71. The third-order valence-electron chi connectivity index (χ3n) is 4.10. The van der Waals surface area contributed by atoms with Crippen LogP contribution in [0.25, 0.3) is 0 Å². The zero-order chi connectivity index (χ0) is 17.6. The molecular formula is C23H22N2. The van der Waals surface area contributed by atoms with Crippen molar-refractivity contribution in [3.63, 3.8) is 0 Å². The molecule has 3 aromatic carbocycles. The Bertz CT molecular complexity index is 837. The lowest BCUT2D eigenvalue weighted by molar-refractivity contribution is 0.878. The summed E-state index contributed by atoms with van der Waals surface area (Å²) in [6.45, 7) is 4.08. The van der Waals surface area contributed by atoms with Crippen LogP contribution in [0.3, 0.4) is 0 Å². The Morgan fingerprint density at radius 3 is 1.72 bits per heavy atom. The van der Waals surface area contributed by atoms with Gasteiger partial charge in [0.05, 0.1) is 11.4 Å². The first-order chi connectivity index (χ1) is 12.2. The van der Waals surface area contributed by atoms with Crippen LogP contribution in [0.1, 0.15) is 30.5 Å². The summed E-state index contributed by atoms with van der Waals surface area (Å²) in [7, 11) is 0. The highest BCUT2D eigenvalue weighted by Gasteiger charge is 2.13. The summed E-state index contributed by atoms with van der Waals surface area (Å²) < 4.78 is 0. The SMILES string of the molecule is CC(C)C(=N)c1ccccc1N=C(c1ccccc1)c1ccccc1. The molecule has 0 atom stereocenters. The molecule has 0 saturated carbocycles. The minimum absolute atomic E-state index is 0.160. The summed E-state index contributed by atoms with van der Waals surface area (Å²) in [5.41, 5.74) is 5.40. The normalized spacial score (nSPS) is 10.5. The molecule has 0 unspecified atom stereocenters. The monoisotopic (exact) mass is 326 g/mol. The van der Waals surface area contributed by atoms with E-state index in [1.165, 1.54) is 0 Å². The lowest BCUT2D eigenvalue weighted by Crippen LogP contribution is -2.09. The van der Waals surface area contributed by atoms with Gasteiger partial charge in [0.2, 0.25) is 0 Å². The zero-order valence-corrected chi connectivity index (χ0v) is 14.6. The summed E-state index contributed by atoms with van der Waals surface area (Å²) in [5, 5.41) is 8.41. The van der Waals surface area contributed by atoms with E-state index in [2.05, 4.69) is 24.3 Å². The van der Waals surface area contributed by atoms with Gasteiger partial charge in [-0.25, -0.2) is 4.99 Å². The first-order valence-corrected chi connectivity index (χ1v) is 8.54. The number of nitrogens with one attached hydrogen (secondary N) is 1. The van der Waals surface area contributed by atoms with Crippen molar-refractivity contribution in [2.24, 2.45) is 10.9 Å². The molecule has 3 rings (SSSR count). The van der Waals surface area contributed by atoms with Gasteiger partial charge in [-0.1, -0.05) is 92.7 Å². The fourth-order valence-corrected chi connectivity index (χ4v) is 2.72. The van der Waals surface area contributed by atoms with E-state index < -0.39 is 0 Å². The fourth-order valence-electron chi connectivity index (χ4n) is 2.72. The largest absolute Gasteiger partial charge is 0.304 e. The van der Waals surface area contributed by atoms with Crippen molar-refractivity contribution in [1.82, 2.24) is 0 Å². The highest BCUT2D eigenvalue weighted by Crippen LogP contribution is 2.24. The van der Waals surface area contributed by atoms with E-state index in [4.69, 9.17) is 10.4 Å². The third kappa shape index (κ3) is 3.92. The number of benzene rings is 3. The van der Waals surface area contributed by atoms with Gasteiger partial charge >= 0.3 is 0 Å². The van der Waals surface area contributed by atoms with Crippen molar-refractivity contribution in [2.45, 2.75) is 13.8 Å². The van der Waals surface area contributed by atoms with Crippen LogP contribution in [0.15, 0.2) is 89.9 Å². The van der Waals surface area contributed by atoms with Gasteiger partial charge < -0.3 is 5.41 Å². The Morgan fingerprint density at radius 2 is 1.20 bits per heavy atom. The lowest BCUT2D eigenvalue weighted by Gasteiger charge is -2.13. The number of hydrogen-bond acceptors (Lipinski definition) is 2. The van der Waals surface area contributed by atoms with Crippen molar-refractivity contribution in [3.05, 3.63) is 102 Å². The summed E-state index contributed by atoms with van der Waals surface area (Å²) in [6, 6.07) is 28.3. The summed E-state index contributed by atoms with van der Waals surface area (Å²) in [6.07, 6.45) is 0. The average Bonchev–Trinajstić information content (AvgIpc) is 2.67. The predicted molar refractivity (Wildman–Crippen MR) is 106 cm³/mol. The van der Waals surface area contributed by atoms with E-state index in [1.54, 1.807) is 0 Å². The summed E-state index contributed by atoms with van der Waals surface area (Å²) in [5.74, 6) is 0.160. The van der Waals surface area contributed by atoms with Gasteiger partial charge in [0.15, 0.2) is 0 Å². The van der Waals surface area contributed by atoms with Crippen molar-refractivity contribution in [3.8, 4) is 0 Å². The second-order valence-electron chi connectivity index (χ2n) is 6.28. The standard InChI is InChI=1S/C23H22N2/c1-17(2)22(24)20-15-9-10-16-21(20)25-23(18-11-5-3-6-12-18)19-13-7-4-8-14-19/h3-17,24H,1-2H3. The topological polar surface area (TPSA) is 36.2 Å². The molecule has 0 radical (unpaired) electrons. The second-order valence-corrected chi connectivity index (χ2v) is 6.28. The van der Waals surface area contributed by atoms with Crippen LogP contribution in [-0.2, 0) is 0 Å². The number of para-hydroxylation sites is 1. The molecule has 2 nitrogen and oxygen atoms in total. The Hall–Kier alpha value is -3.00. The molecule has 0 aromatic heterocycles. The van der Waals surface area contributed by atoms with Gasteiger partial charge in [-0.15, -0.1) is 0 Å². The molecule has 124 valence electrons. The minimum atomic E-state index is 0.160. The van der Waals surface area contributed by atoms with Gasteiger partial charge in [0.1, 0.15) is 0 Å². The first kappa shape index (κ1) is 16.8. The molecule has 0 heterocycles. The van der Waals surface area contributed by atoms with Gasteiger partial charge in [-0.2, -0.15) is 0 Å². The highest BCUT2D eigenvalue weighted by atomic mass is 14.8. The van der Waals surface area contributed by atoms with Crippen LogP contribution in [-0.4, -0.2) is 11.4 Å². The zero-order valence-electron chi connectivity index (χ0n) is 14.6. The molecule has 0 amide bonds. The molecule has 0 fully saturated rings. The van der Waals surface area contributed by atoms with E-state index in [1.807, 2.05) is 74.5 Å². The Labute approximate surface area is 149 Å². The molecule has 0 aliphatic rings. The Kier molecular flexibility index (Phi) is 5.20. The van der Waals surface area contributed by atoms with E-state index in [0.717, 1.165) is 28.1 Å². The maximum atomic E-state index is 8.41. The first-order valence-electron chi connectivity index (χ1n) is 8.54. The molecule has 0 aliphatic heterocycles. The summed E-state index contributed by atoms with van der Waals surface area (Å²) >= 11 is 0. The molecule has 3 aromatic rings. The fraction of sp³-hybridized carbons (Fsp3) is 0.130. The molecule has 0 spiro atoms. The van der Waals surface area contributed by atoms with Crippen molar-refractivity contribution in [2.75, 3.05) is 0 Å². The molecule has 0 bridgehead atoms. The Balaban J connectivity index is 2.17. The van der Waals surface area contributed by atoms with Crippen LogP contribution in [0.2, 0.25) is 0 Å². The lowest BCUT2D eigenvalue weighted by atomic mass is 9.98. The quantitative estimate of drug-likeness (QED) is 0.568. The third-order valence-corrected chi connectivity index (χ3v) is 4.10. The summed E-state index contributed by atoms with van der Waals surface area (Å²) in [4.78, 5) is 4.98. The van der Waals surface area contributed by atoms with Crippen LogP contribution >= 0.6 is 0 Å². The van der Waals surface area contributed by atoms with Crippen LogP contribution < -0.4 is 0 Å². The van der Waals surface area contributed by atoms with Gasteiger partial charge in [0.25, 0.3) is 0 Å². The molecular weight excluding hydrogens is 304 g/mol. The maximum absolute atomic E-state index is 8.41. The Morgan fingerprint density at radius 1 is 0.720 bits per heavy atom. The smallest absolute Gasteiger partial charge is 0.0781 e. The number of nitrogens with zero attached hydrogens (tertiary/aromatic N) is 1. The molecule has 0 saturated heterocycles. The molecule has 0 aliphatic carbocycles. The number of aliphatic imine (C=N–C) groups is 1. The highest BCUT2D eigenvalue weighted by molar-refractivity contribution is 6.15. The molecule has 1 N–H and O–H groups in total. The minimum Gasteiger partial charge on any atom is -0.304 e. The van der Waals surface area contributed by atoms with Gasteiger partial charge in [-0.3, -0.25) is 0 Å². The van der Waals surface area contributed by atoms with Gasteiger partial charge in [0, 0.05) is 22.4 Å². The van der Waals surface area contributed by atoms with Crippen molar-refractivity contribution in [1.29, 1.82) is 5.41 Å². The van der Waals surface area contributed by atoms with Crippen LogP contribution in [0.4, 0.5) is 5.69 Å². The van der Waals surface area contributed by atoms with E-state index in [0.29, 0.717) is 5.71 Å². The maximum Gasteiger partial charge on any atom is 0.0781 e. The van der Waals surface area contributed by atoms with Crippen LogP contribution in [0.5, 0.6) is 0 Å². The number of hydrogen-bond donors (Lipinski definition) is 1. The molecule has 25 heavy (non-hydrogen) atoms. The van der Waals surface area contributed by atoms with Crippen LogP contribution in [0, 0.1) is 11.3 Å². The number of rotatable bonds is 5. The van der Waals surface area contributed by atoms with Gasteiger partial charge in [-0.05, 0) is 12.0 Å².